The molecule has 0 aliphatic rings. The molecule has 0 amide bonds. The molecule has 0 aliphatic heterocycles. The summed E-state index contributed by atoms with van der Waals surface area (Å²) in [7, 11) is 0. The van der Waals surface area contributed by atoms with Crippen LogP contribution >= 0.6 is 43.5 Å². The summed E-state index contributed by atoms with van der Waals surface area (Å²) in [6.45, 7) is 0.470. The van der Waals surface area contributed by atoms with Crippen molar-refractivity contribution in [2.24, 2.45) is 5.73 Å². The van der Waals surface area contributed by atoms with Crippen LogP contribution in [0.3, 0.4) is 0 Å². The Morgan fingerprint density at radius 2 is 1.89 bits per heavy atom. The van der Waals surface area contributed by atoms with Gasteiger partial charge in [0, 0.05) is 16.0 Å². The Kier molecular flexibility index (Phi) is 4.67. The standard InChI is InChI=1S/C13H10Br2ClNO/c14-9-3-8(7-17)4-11(5-9)18-13-2-1-10(16)6-12(13)15/h1-6H,7,17H2. The second-order valence-corrected chi connectivity index (χ2v) is 5.88. The number of benzene rings is 2. The van der Waals surface area contributed by atoms with Crippen LogP contribution in [-0.2, 0) is 6.54 Å². The third-order valence-corrected chi connectivity index (χ3v) is 3.60. The molecule has 2 aromatic rings. The van der Waals surface area contributed by atoms with E-state index in [9.17, 15) is 0 Å². The smallest absolute Gasteiger partial charge is 0.141 e. The van der Waals surface area contributed by atoms with E-state index in [0.717, 1.165) is 20.3 Å². The lowest BCUT2D eigenvalue weighted by molar-refractivity contribution is 0.478. The van der Waals surface area contributed by atoms with Gasteiger partial charge in [-0.25, -0.2) is 0 Å². The van der Waals surface area contributed by atoms with Gasteiger partial charge in [0.25, 0.3) is 0 Å². The van der Waals surface area contributed by atoms with E-state index >= 15 is 0 Å². The summed E-state index contributed by atoms with van der Waals surface area (Å²) < 4.78 is 7.54. The third-order valence-electron chi connectivity index (χ3n) is 2.29. The van der Waals surface area contributed by atoms with Crippen molar-refractivity contribution in [3.8, 4) is 11.5 Å². The lowest BCUT2D eigenvalue weighted by Crippen LogP contribution is -1.96. The minimum Gasteiger partial charge on any atom is -0.456 e. The second kappa shape index (κ2) is 6.06. The summed E-state index contributed by atoms with van der Waals surface area (Å²) in [5.74, 6) is 1.44. The number of hydrogen-bond acceptors (Lipinski definition) is 2. The van der Waals surface area contributed by atoms with Crippen LogP contribution in [0.5, 0.6) is 11.5 Å². The number of hydrogen-bond donors (Lipinski definition) is 1. The van der Waals surface area contributed by atoms with Gasteiger partial charge in [-0.2, -0.15) is 0 Å². The summed E-state index contributed by atoms with van der Waals surface area (Å²) in [4.78, 5) is 0. The molecule has 2 N–H and O–H groups in total. The molecule has 0 saturated heterocycles. The van der Waals surface area contributed by atoms with Crippen molar-refractivity contribution < 1.29 is 4.74 Å². The van der Waals surface area contributed by atoms with E-state index in [1.54, 1.807) is 12.1 Å². The first-order valence-corrected chi connectivity index (χ1v) is 7.17. The topological polar surface area (TPSA) is 35.2 Å². The summed E-state index contributed by atoms with van der Waals surface area (Å²) in [5.41, 5.74) is 6.63. The fourth-order valence-electron chi connectivity index (χ4n) is 1.48. The molecule has 0 heterocycles. The van der Waals surface area contributed by atoms with Crippen molar-refractivity contribution in [1.82, 2.24) is 0 Å². The number of nitrogens with two attached hydrogens (primary N) is 1. The molecule has 2 nitrogen and oxygen atoms in total. The highest BCUT2D eigenvalue weighted by Crippen LogP contribution is 2.33. The highest BCUT2D eigenvalue weighted by Gasteiger charge is 2.05. The van der Waals surface area contributed by atoms with Crippen LogP contribution in [0.25, 0.3) is 0 Å². The molecule has 18 heavy (non-hydrogen) atoms. The van der Waals surface area contributed by atoms with Crippen molar-refractivity contribution in [2.45, 2.75) is 6.54 Å². The molecule has 0 atom stereocenters. The van der Waals surface area contributed by atoms with Gasteiger partial charge in [-0.05, 0) is 57.9 Å². The quantitative estimate of drug-likeness (QED) is 0.789. The monoisotopic (exact) mass is 389 g/mol. The van der Waals surface area contributed by atoms with E-state index in [-0.39, 0.29) is 0 Å². The molecule has 0 unspecified atom stereocenters. The van der Waals surface area contributed by atoms with Gasteiger partial charge in [0.1, 0.15) is 11.5 Å². The SMILES string of the molecule is NCc1cc(Br)cc(Oc2ccc(Cl)cc2Br)c1. The van der Waals surface area contributed by atoms with Crippen molar-refractivity contribution in [3.63, 3.8) is 0 Å². The zero-order chi connectivity index (χ0) is 13.1. The normalized spacial score (nSPS) is 10.4. The van der Waals surface area contributed by atoms with Crippen LogP contribution in [0.4, 0.5) is 0 Å². The van der Waals surface area contributed by atoms with Crippen molar-refractivity contribution in [1.29, 1.82) is 0 Å². The average Bonchev–Trinajstić information content (AvgIpc) is 2.32. The molecule has 2 aromatic carbocycles. The minimum atomic E-state index is 0.470. The Morgan fingerprint density at radius 3 is 2.56 bits per heavy atom. The number of halogens is 3. The maximum absolute atomic E-state index is 5.88. The van der Waals surface area contributed by atoms with E-state index in [0.29, 0.717) is 17.3 Å². The van der Waals surface area contributed by atoms with E-state index < -0.39 is 0 Å². The first-order valence-electron chi connectivity index (χ1n) is 5.21. The molecular weight excluding hydrogens is 381 g/mol. The molecule has 0 saturated carbocycles. The molecule has 0 bridgehead atoms. The zero-order valence-corrected chi connectivity index (χ0v) is 13.2. The van der Waals surface area contributed by atoms with Crippen LogP contribution in [-0.4, -0.2) is 0 Å². The predicted octanol–water partition coefficient (Wildman–Crippen LogP) is 5.12. The van der Waals surface area contributed by atoms with Gasteiger partial charge in [0.05, 0.1) is 4.47 Å². The third kappa shape index (κ3) is 3.48. The zero-order valence-electron chi connectivity index (χ0n) is 9.29. The van der Waals surface area contributed by atoms with E-state index in [2.05, 4.69) is 31.9 Å². The van der Waals surface area contributed by atoms with E-state index in [4.69, 9.17) is 22.1 Å². The maximum Gasteiger partial charge on any atom is 0.141 e. The first kappa shape index (κ1) is 13.9. The summed E-state index contributed by atoms with van der Waals surface area (Å²) in [6, 6.07) is 11.1. The van der Waals surface area contributed by atoms with Crippen LogP contribution in [0.15, 0.2) is 45.3 Å². The van der Waals surface area contributed by atoms with E-state index in [1.807, 2.05) is 24.3 Å². The lowest BCUT2D eigenvalue weighted by atomic mass is 10.2. The molecule has 5 heteroatoms. The Balaban J connectivity index is 2.30. The van der Waals surface area contributed by atoms with Gasteiger partial charge >= 0.3 is 0 Å². The van der Waals surface area contributed by atoms with Gasteiger partial charge < -0.3 is 10.5 Å². The molecule has 0 spiro atoms. The molecule has 0 radical (unpaired) electrons. The van der Waals surface area contributed by atoms with E-state index in [1.165, 1.54) is 0 Å². The van der Waals surface area contributed by atoms with Gasteiger partial charge in [0.15, 0.2) is 0 Å². The van der Waals surface area contributed by atoms with Crippen molar-refractivity contribution in [3.05, 3.63) is 55.9 Å². The Labute approximate surface area is 127 Å². The molecular formula is C13H10Br2ClNO. The van der Waals surface area contributed by atoms with Crippen LogP contribution in [0, 0.1) is 0 Å². The molecule has 0 fully saturated rings. The van der Waals surface area contributed by atoms with Crippen LogP contribution in [0.2, 0.25) is 5.02 Å². The summed E-state index contributed by atoms with van der Waals surface area (Å²) in [6.07, 6.45) is 0. The van der Waals surface area contributed by atoms with Gasteiger partial charge in [-0.3, -0.25) is 0 Å². The average molecular weight is 391 g/mol. The molecule has 94 valence electrons. The minimum absolute atomic E-state index is 0.470. The van der Waals surface area contributed by atoms with Crippen molar-refractivity contribution >= 4 is 43.5 Å². The van der Waals surface area contributed by atoms with Gasteiger partial charge in [-0.1, -0.05) is 27.5 Å². The van der Waals surface area contributed by atoms with Crippen LogP contribution < -0.4 is 10.5 Å². The molecule has 0 aromatic heterocycles. The highest BCUT2D eigenvalue weighted by atomic mass is 79.9. The Bertz CT molecular complexity index is 575. The lowest BCUT2D eigenvalue weighted by Gasteiger charge is -2.10. The van der Waals surface area contributed by atoms with Crippen molar-refractivity contribution in [2.75, 3.05) is 0 Å². The van der Waals surface area contributed by atoms with Crippen LogP contribution in [0.1, 0.15) is 5.56 Å². The van der Waals surface area contributed by atoms with Gasteiger partial charge in [-0.15, -0.1) is 0 Å². The maximum atomic E-state index is 5.88. The Morgan fingerprint density at radius 1 is 1.11 bits per heavy atom. The predicted molar refractivity (Wildman–Crippen MR) is 81.3 cm³/mol. The fourth-order valence-corrected chi connectivity index (χ4v) is 2.77. The molecule has 0 aliphatic carbocycles. The first-order chi connectivity index (χ1) is 8.58. The molecule has 2 rings (SSSR count). The summed E-state index contributed by atoms with van der Waals surface area (Å²) in [5, 5.41) is 0.658. The second-order valence-electron chi connectivity index (χ2n) is 3.68. The number of ether oxygens (including phenoxy) is 1. The highest BCUT2D eigenvalue weighted by molar-refractivity contribution is 9.10. The Hall–Kier alpha value is -0.550. The number of rotatable bonds is 3. The fraction of sp³-hybridized carbons (Fsp3) is 0.0769. The largest absolute Gasteiger partial charge is 0.456 e. The summed E-state index contributed by atoms with van der Waals surface area (Å²) >= 11 is 12.7. The van der Waals surface area contributed by atoms with Gasteiger partial charge in [0.2, 0.25) is 0 Å².